The third kappa shape index (κ3) is 18.4. The van der Waals surface area contributed by atoms with Gasteiger partial charge in [-0.25, -0.2) is 21.2 Å². The van der Waals surface area contributed by atoms with Crippen molar-refractivity contribution in [2.75, 3.05) is 129 Å². The van der Waals surface area contributed by atoms with Gasteiger partial charge in [0.25, 0.3) is 11.8 Å². The molecular formula is C60H83F7N12O11S4. The van der Waals surface area contributed by atoms with Crippen LogP contribution < -0.4 is 10.6 Å². The van der Waals surface area contributed by atoms with E-state index < -0.39 is 98.0 Å². The first-order chi connectivity index (χ1) is 44.4. The number of β-amino-alcohol motifs (C(OH)–C–C–N with tert-alkyl or cyclic N) is 2. The smallest absolute Gasteiger partial charge is 0.390 e. The van der Waals surface area contributed by atoms with Gasteiger partial charge in [0.1, 0.15) is 6.17 Å². The second-order valence-electron chi connectivity index (χ2n) is 25.2. The van der Waals surface area contributed by atoms with Gasteiger partial charge in [-0.2, -0.15) is 45.2 Å². The van der Waals surface area contributed by atoms with Crippen molar-refractivity contribution in [3.05, 3.63) is 70.0 Å². The van der Waals surface area contributed by atoms with Gasteiger partial charge in [0.05, 0.1) is 73.5 Å². The summed E-state index contributed by atoms with van der Waals surface area (Å²) in [6.45, 7) is 6.28. The molecule has 0 aliphatic carbocycles. The van der Waals surface area contributed by atoms with Gasteiger partial charge in [0.2, 0.25) is 20.0 Å². The zero-order chi connectivity index (χ0) is 67.4. The van der Waals surface area contributed by atoms with Crippen LogP contribution in [0.4, 0.5) is 30.7 Å². The molecule has 6 aliphatic heterocycles. The number of nitrogens with one attached hydrogen (secondary N) is 2. The minimum atomic E-state index is -4.67. The van der Waals surface area contributed by atoms with E-state index in [1.54, 1.807) is 9.36 Å². The van der Waals surface area contributed by atoms with Crippen molar-refractivity contribution >= 4 is 55.4 Å². The van der Waals surface area contributed by atoms with Crippen molar-refractivity contribution in [1.29, 1.82) is 0 Å². The van der Waals surface area contributed by atoms with E-state index in [2.05, 4.69) is 15.5 Å². The average Bonchev–Trinajstić information content (AvgIpc) is 1.60. The summed E-state index contributed by atoms with van der Waals surface area (Å²) < 4.78 is 162. The lowest BCUT2D eigenvalue weighted by Crippen LogP contribution is -2.55. The summed E-state index contributed by atoms with van der Waals surface area (Å²) >= 11 is 2.09. The van der Waals surface area contributed by atoms with Crippen molar-refractivity contribution in [1.82, 2.24) is 58.4 Å². The first kappa shape index (κ1) is 72.2. The van der Waals surface area contributed by atoms with Gasteiger partial charge >= 0.3 is 12.4 Å². The number of rotatable bonds is 25. The second-order valence-corrected chi connectivity index (χ2v) is 31.5. The SMILES string of the molecule is CS(=O)(=O)N1CCc2c(c(-c3ccc(C(F)(F)F)c(SCCN4CCOCC4)c3)nn2CC(O)CN2CCC(NC(=O)C(O)C(O)C(=O)NC3CCN(CC(O)Cn4nc(-c5ccc(C(F)(F)F)c(SCCN6CCC(F)C6)c5)c5c4CCN(S(C)(=O)=O)C5)CC3)CC2)C1. The van der Waals surface area contributed by atoms with Crippen molar-refractivity contribution in [2.24, 2.45) is 0 Å². The van der Waals surface area contributed by atoms with E-state index in [1.165, 1.54) is 32.9 Å². The van der Waals surface area contributed by atoms with Crippen LogP contribution in [0.2, 0.25) is 0 Å². The van der Waals surface area contributed by atoms with Gasteiger partial charge in [-0.15, -0.1) is 23.5 Å². The number of morpholine rings is 1. The number of aliphatic hydroxyl groups is 4. The van der Waals surface area contributed by atoms with Crippen LogP contribution in [0.5, 0.6) is 0 Å². The molecule has 4 fully saturated rings. The van der Waals surface area contributed by atoms with Crippen LogP contribution in [-0.2, 0) is 85.7 Å². The molecule has 5 atom stereocenters. The predicted molar refractivity (Wildman–Crippen MR) is 337 cm³/mol. The Morgan fingerprint density at radius 2 is 0.989 bits per heavy atom. The minimum Gasteiger partial charge on any atom is -0.390 e. The summed E-state index contributed by atoms with van der Waals surface area (Å²) in [7, 11) is -7.32. The molecule has 8 heterocycles. The average molecular weight is 1410 g/mol. The van der Waals surface area contributed by atoms with E-state index >= 15 is 0 Å². The normalized spacial score (nSPS) is 21.4. The van der Waals surface area contributed by atoms with Gasteiger partial charge in [0, 0.05) is 185 Å². The van der Waals surface area contributed by atoms with Crippen LogP contribution in [0.3, 0.4) is 0 Å². The summed E-state index contributed by atoms with van der Waals surface area (Å²) in [5.74, 6) is -1.23. The molecule has 0 bridgehead atoms. The number of halogens is 7. The van der Waals surface area contributed by atoms with Gasteiger partial charge in [-0.05, 0) is 56.4 Å². The molecule has 4 saturated heterocycles. The number of thioether (sulfide) groups is 2. The third-order valence-electron chi connectivity index (χ3n) is 18.3. The Balaban J connectivity index is 0.685. The predicted octanol–water partition coefficient (Wildman–Crippen LogP) is 2.95. The summed E-state index contributed by atoms with van der Waals surface area (Å²) in [5.41, 5.74) is 2.08. The highest BCUT2D eigenvalue weighted by Crippen LogP contribution is 2.43. The van der Waals surface area contributed by atoms with E-state index in [0.717, 1.165) is 48.2 Å². The fourth-order valence-electron chi connectivity index (χ4n) is 13.2. The maximum Gasteiger partial charge on any atom is 0.417 e. The zero-order valence-corrected chi connectivity index (χ0v) is 55.7. The number of hydrogen-bond acceptors (Lipinski definition) is 19. The highest BCUT2D eigenvalue weighted by molar-refractivity contribution is 7.99. The second kappa shape index (κ2) is 30.7. The first-order valence-electron chi connectivity index (χ1n) is 31.7. The number of alkyl halides is 7. The molecule has 2 aromatic heterocycles. The third-order valence-corrected chi connectivity index (χ3v) is 22.9. The van der Waals surface area contributed by atoms with Crippen LogP contribution in [0.1, 0.15) is 65.7 Å². The Morgan fingerprint density at radius 1 is 0.585 bits per heavy atom. The number of piperidine rings is 2. The molecule has 0 spiro atoms. The summed E-state index contributed by atoms with van der Waals surface area (Å²) in [5, 5.41) is 59.7. The maximum atomic E-state index is 14.3. The standard InChI is InChI=1S/C60H83F7N12O11S4/c1-93(86,87)76-19-12-49-45(36-76)53(38-3-5-47(59(62,63)64)51(29-38)91-27-23-72-21-25-90-26-22-72)70-78(49)34-43(80)32-73-15-8-41(9-16-73)68-57(84)55(82)56(83)58(85)69-42-10-17-74(18-11-42)33-44(81)35-79-50-13-20-77(94(2,88)89)37-46(50)54(71-79)39-4-6-48(60(65,66)67)52(30-39)92-28-24-75-14-7-40(61)31-75/h3-6,29-30,40-44,55-56,80-83H,7-28,31-37H2,1-2H3,(H,68,84)(H,69,85). The topological polar surface area (TPSA) is 272 Å². The number of benzene rings is 2. The number of nitrogens with zero attached hydrogens (tertiary/aromatic N) is 10. The molecule has 10 rings (SSSR count). The van der Waals surface area contributed by atoms with E-state index in [4.69, 9.17) is 14.9 Å². The number of hydrogen-bond donors (Lipinski definition) is 6. The largest absolute Gasteiger partial charge is 0.417 e. The number of carbonyl (C=O) groups excluding carboxylic acids is 2. The van der Waals surface area contributed by atoms with Gasteiger partial charge in [-0.3, -0.25) is 28.8 Å². The Labute approximate surface area is 550 Å². The highest BCUT2D eigenvalue weighted by atomic mass is 32.2. The number of aliphatic hydroxyl groups excluding tert-OH is 4. The van der Waals surface area contributed by atoms with E-state index in [0.29, 0.717) is 155 Å². The summed E-state index contributed by atoms with van der Waals surface area (Å²) in [6.07, 6.45) is -11.9. The molecule has 94 heavy (non-hydrogen) atoms. The molecule has 23 nitrogen and oxygen atoms in total. The lowest BCUT2D eigenvalue weighted by Gasteiger charge is -2.35. The molecule has 6 N–H and O–H groups in total. The van der Waals surface area contributed by atoms with Crippen LogP contribution in [0.15, 0.2) is 46.2 Å². The zero-order valence-electron chi connectivity index (χ0n) is 52.4. The Bertz CT molecular complexity index is 3320. The molecule has 6 aliphatic rings. The monoisotopic (exact) mass is 1410 g/mol. The number of ether oxygens (including phenoxy) is 1. The number of carbonyl (C=O) groups is 2. The number of sulfonamides is 2. The van der Waals surface area contributed by atoms with Crippen LogP contribution in [-0.4, -0.2) is 268 Å². The van der Waals surface area contributed by atoms with Crippen LogP contribution in [0.25, 0.3) is 22.5 Å². The number of likely N-dealkylation sites (tertiary alicyclic amines) is 3. The summed E-state index contributed by atoms with van der Waals surface area (Å²) in [6, 6.07) is 6.62. The van der Waals surface area contributed by atoms with E-state index in [1.807, 2.05) is 14.7 Å². The Hall–Kier alpha value is -4.53. The maximum absolute atomic E-state index is 14.3. The summed E-state index contributed by atoms with van der Waals surface area (Å²) in [4.78, 5) is 34.4. The lowest BCUT2D eigenvalue weighted by molar-refractivity contribution is -0.147. The molecule has 0 radical (unpaired) electrons. The van der Waals surface area contributed by atoms with Crippen molar-refractivity contribution in [2.45, 2.75) is 136 Å². The molecule has 522 valence electrons. The Morgan fingerprint density at radius 3 is 1.37 bits per heavy atom. The van der Waals surface area contributed by atoms with Gasteiger partial charge < -0.3 is 45.6 Å². The number of amides is 2. The minimum absolute atomic E-state index is 0.00406. The Kier molecular flexibility index (Phi) is 23.6. The number of aromatic nitrogens is 4. The quantitative estimate of drug-likeness (QED) is 0.0411. The van der Waals surface area contributed by atoms with Crippen LogP contribution in [0, 0.1) is 0 Å². The number of fused-ring (bicyclic) bond motifs is 2. The van der Waals surface area contributed by atoms with Gasteiger partial charge in [0.15, 0.2) is 12.2 Å². The molecule has 0 saturated carbocycles. The van der Waals surface area contributed by atoms with Crippen LogP contribution >= 0.6 is 23.5 Å². The van der Waals surface area contributed by atoms with Gasteiger partial charge in [-0.1, -0.05) is 12.1 Å². The first-order valence-corrected chi connectivity index (χ1v) is 37.3. The molecule has 2 amide bonds. The highest BCUT2D eigenvalue weighted by Gasteiger charge is 2.40. The van der Waals surface area contributed by atoms with Crippen molar-refractivity contribution < 1.29 is 82.3 Å². The molecule has 4 aromatic rings. The lowest BCUT2D eigenvalue weighted by atomic mass is 10.0. The van der Waals surface area contributed by atoms with E-state index in [9.17, 15) is 77.6 Å². The molecular weight excluding hydrogens is 1330 g/mol. The molecule has 2 aromatic carbocycles. The molecule has 5 unspecified atom stereocenters. The van der Waals surface area contributed by atoms with Crippen molar-refractivity contribution in [3.8, 4) is 22.5 Å². The fourth-order valence-corrected chi connectivity index (χ4v) is 17.0. The van der Waals surface area contributed by atoms with Crippen molar-refractivity contribution in [3.63, 3.8) is 0 Å². The fraction of sp³-hybridized carbons (Fsp3) is 0.667. The van der Waals surface area contributed by atoms with E-state index in [-0.39, 0.29) is 87.3 Å². The molecule has 34 heteroatoms.